The Labute approximate surface area is 122 Å². The Kier molecular flexibility index (Phi) is 4.68. The third-order valence-electron chi connectivity index (χ3n) is 2.94. The van der Waals surface area contributed by atoms with Crippen molar-refractivity contribution in [2.45, 2.75) is 11.3 Å². The average Bonchev–Trinajstić information content (AvgIpc) is 2.49. The quantitative estimate of drug-likeness (QED) is 0.920. The van der Waals surface area contributed by atoms with Crippen LogP contribution in [0.1, 0.15) is 11.1 Å². The Morgan fingerprint density at radius 2 is 1.76 bits per heavy atom. The minimum Gasteiger partial charge on any atom is -0.211 e. The van der Waals surface area contributed by atoms with Gasteiger partial charge in [-0.05, 0) is 42.3 Å². The van der Waals surface area contributed by atoms with Gasteiger partial charge in [-0.2, -0.15) is 5.26 Å². The van der Waals surface area contributed by atoms with Gasteiger partial charge in [0.1, 0.15) is 5.82 Å². The Morgan fingerprint density at radius 1 is 1.10 bits per heavy atom. The molecule has 6 heteroatoms. The highest BCUT2D eigenvalue weighted by Gasteiger charge is 2.13. The van der Waals surface area contributed by atoms with Gasteiger partial charge in [0, 0.05) is 6.54 Å². The van der Waals surface area contributed by atoms with Crippen LogP contribution in [0.5, 0.6) is 0 Å². The lowest BCUT2D eigenvalue weighted by atomic mass is 10.1. The molecule has 2 aromatic carbocycles. The van der Waals surface area contributed by atoms with Crippen LogP contribution < -0.4 is 4.72 Å². The molecule has 0 spiro atoms. The maximum absolute atomic E-state index is 13.4. The lowest BCUT2D eigenvalue weighted by molar-refractivity contribution is 0.577. The molecule has 0 aliphatic rings. The number of nitriles is 1. The van der Waals surface area contributed by atoms with Crippen LogP contribution in [-0.2, 0) is 16.4 Å². The van der Waals surface area contributed by atoms with Crippen LogP contribution in [0.25, 0.3) is 0 Å². The predicted molar refractivity (Wildman–Crippen MR) is 76.4 cm³/mol. The van der Waals surface area contributed by atoms with Crippen LogP contribution in [0.15, 0.2) is 53.4 Å². The van der Waals surface area contributed by atoms with Gasteiger partial charge in [-0.3, -0.25) is 0 Å². The number of sulfonamides is 1. The van der Waals surface area contributed by atoms with Gasteiger partial charge in [-0.15, -0.1) is 0 Å². The van der Waals surface area contributed by atoms with Gasteiger partial charge in [0.2, 0.25) is 10.0 Å². The largest absolute Gasteiger partial charge is 0.240 e. The van der Waals surface area contributed by atoms with E-state index in [0.29, 0.717) is 11.1 Å². The standard InChI is InChI=1S/C15H13FN2O2S/c16-15-4-2-1-3-13(15)9-10-18-21(19,20)14-7-5-12(11-17)6-8-14/h1-8,18H,9-10H2. The number of nitrogens with zero attached hydrogens (tertiary/aromatic N) is 1. The van der Waals surface area contributed by atoms with E-state index in [4.69, 9.17) is 5.26 Å². The third kappa shape index (κ3) is 3.88. The minimum absolute atomic E-state index is 0.0787. The van der Waals surface area contributed by atoms with Crippen molar-refractivity contribution < 1.29 is 12.8 Å². The van der Waals surface area contributed by atoms with E-state index in [1.165, 1.54) is 30.3 Å². The molecule has 0 bridgehead atoms. The summed E-state index contributed by atoms with van der Waals surface area (Å²) in [5.41, 5.74) is 0.848. The van der Waals surface area contributed by atoms with Crippen molar-refractivity contribution in [3.8, 4) is 6.07 Å². The van der Waals surface area contributed by atoms with Crippen molar-refractivity contribution in [3.63, 3.8) is 0 Å². The van der Waals surface area contributed by atoms with Gasteiger partial charge in [-0.25, -0.2) is 17.5 Å². The van der Waals surface area contributed by atoms with E-state index in [9.17, 15) is 12.8 Å². The maximum Gasteiger partial charge on any atom is 0.240 e. The molecule has 0 heterocycles. The van der Waals surface area contributed by atoms with Gasteiger partial charge in [0.25, 0.3) is 0 Å². The predicted octanol–water partition coefficient (Wildman–Crippen LogP) is 2.22. The molecule has 0 fully saturated rings. The van der Waals surface area contributed by atoms with E-state index in [1.54, 1.807) is 18.2 Å². The summed E-state index contributed by atoms with van der Waals surface area (Å²) in [6, 6.07) is 13.8. The summed E-state index contributed by atoms with van der Waals surface area (Å²) in [5.74, 6) is -0.352. The van der Waals surface area contributed by atoms with E-state index in [2.05, 4.69) is 4.72 Å². The molecule has 2 rings (SSSR count). The molecular formula is C15H13FN2O2S. The van der Waals surface area contributed by atoms with Crippen molar-refractivity contribution in [3.05, 3.63) is 65.5 Å². The number of hydrogen-bond acceptors (Lipinski definition) is 3. The molecule has 0 saturated carbocycles. The monoisotopic (exact) mass is 304 g/mol. The number of rotatable bonds is 5. The summed E-state index contributed by atoms with van der Waals surface area (Å²) in [5, 5.41) is 8.67. The van der Waals surface area contributed by atoms with Crippen LogP contribution in [0.3, 0.4) is 0 Å². The second-order valence-corrected chi connectivity index (χ2v) is 6.14. The molecule has 0 unspecified atom stereocenters. The van der Waals surface area contributed by atoms with Crippen LogP contribution in [0.2, 0.25) is 0 Å². The third-order valence-corrected chi connectivity index (χ3v) is 4.41. The number of nitrogens with one attached hydrogen (secondary N) is 1. The van der Waals surface area contributed by atoms with Crippen molar-refractivity contribution in [1.82, 2.24) is 4.72 Å². The maximum atomic E-state index is 13.4. The first-order valence-electron chi connectivity index (χ1n) is 6.26. The first-order valence-corrected chi connectivity index (χ1v) is 7.74. The lowest BCUT2D eigenvalue weighted by Gasteiger charge is -2.07. The van der Waals surface area contributed by atoms with E-state index >= 15 is 0 Å². The highest BCUT2D eigenvalue weighted by molar-refractivity contribution is 7.89. The fourth-order valence-electron chi connectivity index (χ4n) is 1.81. The van der Waals surface area contributed by atoms with Crippen molar-refractivity contribution >= 4 is 10.0 Å². The summed E-state index contributed by atoms with van der Waals surface area (Å²) >= 11 is 0. The number of benzene rings is 2. The summed E-state index contributed by atoms with van der Waals surface area (Å²) < 4.78 is 39.9. The fourth-order valence-corrected chi connectivity index (χ4v) is 2.85. The van der Waals surface area contributed by atoms with Gasteiger partial charge in [0.15, 0.2) is 0 Å². The second kappa shape index (κ2) is 6.48. The number of halogens is 1. The molecule has 0 saturated heterocycles. The van der Waals surface area contributed by atoms with E-state index in [-0.39, 0.29) is 23.7 Å². The Morgan fingerprint density at radius 3 is 2.38 bits per heavy atom. The van der Waals surface area contributed by atoms with Crippen LogP contribution >= 0.6 is 0 Å². The summed E-state index contributed by atoms with van der Waals surface area (Å²) in [7, 11) is -3.65. The molecule has 1 N–H and O–H groups in total. The Bertz CT molecular complexity index is 765. The zero-order valence-electron chi connectivity index (χ0n) is 11.1. The molecule has 108 valence electrons. The zero-order valence-corrected chi connectivity index (χ0v) is 11.9. The molecule has 0 radical (unpaired) electrons. The van der Waals surface area contributed by atoms with E-state index < -0.39 is 10.0 Å². The minimum atomic E-state index is -3.65. The number of hydrogen-bond donors (Lipinski definition) is 1. The molecule has 0 aliphatic heterocycles. The van der Waals surface area contributed by atoms with Crippen molar-refractivity contribution in [1.29, 1.82) is 5.26 Å². The summed E-state index contributed by atoms with van der Waals surface area (Å²) in [4.78, 5) is 0.0787. The SMILES string of the molecule is N#Cc1ccc(S(=O)(=O)NCCc2ccccc2F)cc1. The molecule has 0 aliphatic carbocycles. The molecule has 2 aromatic rings. The van der Waals surface area contributed by atoms with Gasteiger partial charge >= 0.3 is 0 Å². The Hall–Kier alpha value is -2.23. The van der Waals surface area contributed by atoms with Gasteiger partial charge in [-0.1, -0.05) is 18.2 Å². The van der Waals surface area contributed by atoms with E-state index in [0.717, 1.165) is 0 Å². The normalized spacial score (nSPS) is 11.0. The molecule has 0 amide bonds. The zero-order chi connectivity index (χ0) is 15.3. The van der Waals surface area contributed by atoms with E-state index in [1.807, 2.05) is 6.07 Å². The van der Waals surface area contributed by atoms with Gasteiger partial charge in [0.05, 0.1) is 16.5 Å². The Balaban J connectivity index is 2.01. The fraction of sp³-hybridized carbons (Fsp3) is 0.133. The molecule has 0 aromatic heterocycles. The molecule has 21 heavy (non-hydrogen) atoms. The average molecular weight is 304 g/mol. The summed E-state index contributed by atoms with van der Waals surface area (Å²) in [6.07, 6.45) is 0.266. The lowest BCUT2D eigenvalue weighted by Crippen LogP contribution is -2.26. The summed E-state index contributed by atoms with van der Waals surface area (Å²) in [6.45, 7) is 0.100. The first-order chi connectivity index (χ1) is 10.0. The molecular weight excluding hydrogens is 291 g/mol. The van der Waals surface area contributed by atoms with Crippen LogP contribution in [-0.4, -0.2) is 15.0 Å². The van der Waals surface area contributed by atoms with Crippen LogP contribution in [0.4, 0.5) is 4.39 Å². The highest BCUT2D eigenvalue weighted by atomic mass is 32.2. The van der Waals surface area contributed by atoms with Crippen molar-refractivity contribution in [2.75, 3.05) is 6.54 Å². The first kappa shape index (κ1) is 15.2. The van der Waals surface area contributed by atoms with Gasteiger partial charge < -0.3 is 0 Å². The second-order valence-electron chi connectivity index (χ2n) is 4.38. The molecule has 4 nitrogen and oxygen atoms in total. The molecule has 0 atom stereocenters. The highest BCUT2D eigenvalue weighted by Crippen LogP contribution is 2.11. The topological polar surface area (TPSA) is 70.0 Å². The van der Waals surface area contributed by atoms with Crippen molar-refractivity contribution in [2.24, 2.45) is 0 Å². The van der Waals surface area contributed by atoms with Crippen LogP contribution in [0, 0.1) is 17.1 Å². The smallest absolute Gasteiger partial charge is 0.211 e.